The maximum absolute atomic E-state index is 13.5. The standard InChI is InChI=1S/C14H11FO/c1-10(11-6-2-4-8-13(11)15)12-7-3-5-9-14(12)16/h2-9,16H,1H2. The Morgan fingerprint density at radius 3 is 2.12 bits per heavy atom. The first-order valence-electron chi connectivity index (χ1n) is 4.92. The fourth-order valence-electron chi connectivity index (χ4n) is 1.58. The molecule has 0 heterocycles. The maximum atomic E-state index is 13.5. The molecule has 0 unspecified atom stereocenters. The fourth-order valence-corrected chi connectivity index (χ4v) is 1.58. The molecule has 0 aliphatic heterocycles. The molecule has 0 bridgehead atoms. The third-order valence-electron chi connectivity index (χ3n) is 2.43. The summed E-state index contributed by atoms with van der Waals surface area (Å²) >= 11 is 0. The molecule has 2 heteroatoms. The largest absolute Gasteiger partial charge is 0.507 e. The van der Waals surface area contributed by atoms with Gasteiger partial charge < -0.3 is 5.11 Å². The monoisotopic (exact) mass is 214 g/mol. The van der Waals surface area contributed by atoms with Gasteiger partial charge in [0.2, 0.25) is 0 Å². The number of para-hydroxylation sites is 1. The summed E-state index contributed by atoms with van der Waals surface area (Å²) < 4.78 is 13.5. The van der Waals surface area contributed by atoms with Crippen LogP contribution in [0.25, 0.3) is 5.57 Å². The second kappa shape index (κ2) is 4.19. The van der Waals surface area contributed by atoms with Crippen LogP contribution in [0.3, 0.4) is 0 Å². The molecular weight excluding hydrogens is 203 g/mol. The number of phenols is 1. The minimum Gasteiger partial charge on any atom is -0.507 e. The van der Waals surface area contributed by atoms with E-state index >= 15 is 0 Å². The Bertz CT molecular complexity index is 484. The summed E-state index contributed by atoms with van der Waals surface area (Å²) in [6, 6.07) is 13.1. The van der Waals surface area contributed by atoms with Crippen molar-refractivity contribution in [2.24, 2.45) is 0 Å². The van der Waals surface area contributed by atoms with E-state index in [0.29, 0.717) is 16.7 Å². The van der Waals surface area contributed by atoms with Crippen LogP contribution < -0.4 is 0 Å². The molecule has 0 saturated carbocycles. The van der Waals surface area contributed by atoms with Crippen molar-refractivity contribution in [1.82, 2.24) is 0 Å². The molecule has 16 heavy (non-hydrogen) atoms. The van der Waals surface area contributed by atoms with Crippen molar-refractivity contribution < 1.29 is 9.50 Å². The maximum Gasteiger partial charge on any atom is 0.131 e. The predicted octanol–water partition coefficient (Wildman–Crippen LogP) is 3.59. The number of halogens is 1. The van der Waals surface area contributed by atoms with Gasteiger partial charge in [-0.15, -0.1) is 0 Å². The SMILES string of the molecule is C=C(c1ccccc1O)c1ccccc1F. The molecule has 2 rings (SSSR count). The summed E-state index contributed by atoms with van der Waals surface area (Å²) in [6.07, 6.45) is 0. The second-order valence-electron chi connectivity index (χ2n) is 3.48. The van der Waals surface area contributed by atoms with Gasteiger partial charge in [0.25, 0.3) is 0 Å². The average Bonchev–Trinajstić information content (AvgIpc) is 2.29. The van der Waals surface area contributed by atoms with Gasteiger partial charge in [-0.2, -0.15) is 0 Å². The molecule has 0 atom stereocenters. The summed E-state index contributed by atoms with van der Waals surface area (Å²) in [5.74, 6) is -0.230. The summed E-state index contributed by atoms with van der Waals surface area (Å²) in [6.45, 7) is 3.82. The Balaban J connectivity index is 2.48. The zero-order valence-corrected chi connectivity index (χ0v) is 8.65. The smallest absolute Gasteiger partial charge is 0.131 e. The predicted molar refractivity (Wildman–Crippen MR) is 62.6 cm³/mol. The van der Waals surface area contributed by atoms with Crippen molar-refractivity contribution in [2.75, 3.05) is 0 Å². The van der Waals surface area contributed by atoms with E-state index in [1.807, 2.05) is 0 Å². The zero-order valence-electron chi connectivity index (χ0n) is 8.65. The fraction of sp³-hybridized carbons (Fsp3) is 0. The molecular formula is C14H11FO. The lowest BCUT2D eigenvalue weighted by molar-refractivity contribution is 0.473. The lowest BCUT2D eigenvalue weighted by atomic mass is 9.98. The first-order chi connectivity index (χ1) is 7.70. The van der Waals surface area contributed by atoms with Crippen LogP contribution in [0.5, 0.6) is 5.75 Å². The van der Waals surface area contributed by atoms with Gasteiger partial charge in [-0.1, -0.05) is 43.0 Å². The Morgan fingerprint density at radius 2 is 1.50 bits per heavy atom. The van der Waals surface area contributed by atoms with Crippen LogP contribution in [-0.2, 0) is 0 Å². The number of benzene rings is 2. The first-order valence-corrected chi connectivity index (χ1v) is 4.92. The topological polar surface area (TPSA) is 20.2 Å². The lowest BCUT2D eigenvalue weighted by Gasteiger charge is -2.08. The van der Waals surface area contributed by atoms with Crippen LogP contribution in [0.4, 0.5) is 4.39 Å². The molecule has 0 spiro atoms. The van der Waals surface area contributed by atoms with E-state index in [1.54, 1.807) is 42.5 Å². The van der Waals surface area contributed by atoms with Crippen molar-refractivity contribution in [1.29, 1.82) is 0 Å². The van der Waals surface area contributed by atoms with Crippen LogP contribution in [-0.4, -0.2) is 5.11 Å². The quantitative estimate of drug-likeness (QED) is 0.809. The van der Waals surface area contributed by atoms with E-state index in [-0.39, 0.29) is 11.6 Å². The molecule has 0 fully saturated rings. The molecule has 80 valence electrons. The molecule has 0 amide bonds. The summed E-state index contributed by atoms with van der Waals surface area (Å²) in [5, 5.41) is 9.65. The van der Waals surface area contributed by atoms with Gasteiger partial charge in [-0.25, -0.2) is 4.39 Å². The Labute approximate surface area is 93.5 Å². The minimum absolute atomic E-state index is 0.107. The molecule has 2 aromatic carbocycles. The van der Waals surface area contributed by atoms with E-state index in [4.69, 9.17) is 0 Å². The van der Waals surface area contributed by atoms with E-state index in [9.17, 15) is 9.50 Å². The number of phenolic OH excluding ortho intramolecular Hbond substituents is 1. The Kier molecular flexibility index (Phi) is 2.73. The van der Waals surface area contributed by atoms with Gasteiger partial charge in [0.05, 0.1) is 0 Å². The molecule has 0 aromatic heterocycles. The molecule has 0 saturated heterocycles. The third-order valence-corrected chi connectivity index (χ3v) is 2.43. The Hall–Kier alpha value is -2.09. The summed E-state index contributed by atoms with van der Waals surface area (Å²) in [4.78, 5) is 0. The number of hydrogen-bond donors (Lipinski definition) is 1. The van der Waals surface area contributed by atoms with Gasteiger partial charge in [-0.3, -0.25) is 0 Å². The molecule has 0 aliphatic rings. The van der Waals surface area contributed by atoms with Crippen molar-refractivity contribution in [2.45, 2.75) is 0 Å². The van der Waals surface area contributed by atoms with Gasteiger partial charge in [-0.05, 0) is 17.7 Å². The van der Waals surface area contributed by atoms with Crippen molar-refractivity contribution in [3.63, 3.8) is 0 Å². The van der Waals surface area contributed by atoms with Crippen molar-refractivity contribution in [3.8, 4) is 5.75 Å². The van der Waals surface area contributed by atoms with Gasteiger partial charge >= 0.3 is 0 Å². The lowest BCUT2D eigenvalue weighted by Crippen LogP contribution is -1.90. The summed E-state index contributed by atoms with van der Waals surface area (Å²) in [5.41, 5.74) is 1.44. The van der Waals surface area contributed by atoms with Crippen LogP contribution in [0.1, 0.15) is 11.1 Å². The first kappa shape index (κ1) is 10.4. The third kappa shape index (κ3) is 1.82. The van der Waals surface area contributed by atoms with Gasteiger partial charge in [0, 0.05) is 11.1 Å². The normalized spacial score (nSPS) is 10.1. The van der Waals surface area contributed by atoms with E-state index in [1.165, 1.54) is 6.07 Å². The van der Waals surface area contributed by atoms with Crippen molar-refractivity contribution >= 4 is 5.57 Å². The second-order valence-corrected chi connectivity index (χ2v) is 3.48. The highest BCUT2D eigenvalue weighted by Crippen LogP contribution is 2.29. The molecule has 2 aromatic rings. The number of aromatic hydroxyl groups is 1. The highest BCUT2D eigenvalue weighted by molar-refractivity contribution is 5.81. The molecule has 1 nitrogen and oxygen atoms in total. The molecule has 1 N–H and O–H groups in total. The Morgan fingerprint density at radius 1 is 0.938 bits per heavy atom. The highest BCUT2D eigenvalue weighted by atomic mass is 19.1. The average molecular weight is 214 g/mol. The van der Waals surface area contributed by atoms with Crippen LogP contribution >= 0.6 is 0 Å². The molecule has 0 radical (unpaired) electrons. The molecule has 0 aliphatic carbocycles. The van der Waals surface area contributed by atoms with Crippen LogP contribution in [0.2, 0.25) is 0 Å². The number of hydrogen-bond acceptors (Lipinski definition) is 1. The van der Waals surface area contributed by atoms with Gasteiger partial charge in [0.1, 0.15) is 11.6 Å². The highest BCUT2D eigenvalue weighted by Gasteiger charge is 2.09. The zero-order chi connectivity index (χ0) is 11.5. The minimum atomic E-state index is -0.337. The number of rotatable bonds is 2. The van der Waals surface area contributed by atoms with Gasteiger partial charge in [0.15, 0.2) is 0 Å². The van der Waals surface area contributed by atoms with Crippen LogP contribution in [0.15, 0.2) is 55.1 Å². The van der Waals surface area contributed by atoms with E-state index in [0.717, 1.165) is 0 Å². The van der Waals surface area contributed by atoms with E-state index < -0.39 is 0 Å². The van der Waals surface area contributed by atoms with E-state index in [2.05, 4.69) is 6.58 Å². The van der Waals surface area contributed by atoms with Crippen LogP contribution in [0, 0.1) is 5.82 Å². The summed E-state index contributed by atoms with van der Waals surface area (Å²) in [7, 11) is 0. The van der Waals surface area contributed by atoms with Crippen molar-refractivity contribution in [3.05, 3.63) is 72.1 Å².